The van der Waals surface area contributed by atoms with Gasteiger partial charge in [-0.2, -0.15) is 0 Å². The van der Waals surface area contributed by atoms with Crippen molar-refractivity contribution in [2.24, 2.45) is 0 Å². The van der Waals surface area contributed by atoms with Crippen LogP contribution in [0, 0.1) is 0 Å². The summed E-state index contributed by atoms with van der Waals surface area (Å²) >= 11 is 3.13. The van der Waals surface area contributed by atoms with Gasteiger partial charge in [0.05, 0.1) is 6.33 Å². The lowest BCUT2D eigenvalue weighted by Crippen LogP contribution is -2.35. The molecule has 3 nitrogen and oxygen atoms in total. The number of hydrogen-bond acceptors (Lipinski definition) is 2. The summed E-state index contributed by atoms with van der Waals surface area (Å²) in [5.74, 6) is 0. The Balaban J connectivity index is 4.22. The molecule has 0 saturated carbocycles. The Morgan fingerprint density at radius 2 is 2.07 bits per heavy atom. The van der Waals surface area contributed by atoms with Gasteiger partial charge in [0.15, 0.2) is 0 Å². The quantitative estimate of drug-likeness (QED) is 0.744. The van der Waals surface area contributed by atoms with Crippen molar-refractivity contribution in [3.63, 3.8) is 0 Å². The molecule has 0 bridgehead atoms. The number of nitrogens with zero attached hydrogens (tertiary/aromatic N) is 1. The van der Waals surface area contributed by atoms with Crippen molar-refractivity contribution in [2.75, 3.05) is 18.9 Å². The van der Waals surface area contributed by atoms with Crippen LogP contribution in [0.4, 0.5) is 9.18 Å². The number of carbonyl (C=O) groups excluding carboxylic acids is 1. The van der Waals surface area contributed by atoms with Crippen LogP contribution in [0.2, 0.25) is 0 Å². The number of carbonyl (C=O) groups is 1. The molecule has 0 aromatic carbocycles. The van der Waals surface area contributed by atoms with Gasteiger partial charge in [0.2, 0.25) is 0 Å². The van der Waals surface area contributed by atoms with Gasteiger partial charge in [-0.15, -0.1) is 0 Å². The van der Waals surface area contributed by atoms with Gasteiger partial charge in [0.1, 0.15) is 5.60 Å². The largest absolute Gasteiger partial charge is 0.444 e. The van der Waals surface area contributed by atoms with Crippen LogP contribution in [0.15, 0.2) is 11.9 Å². The van der Waals surface area contributed by atoms with Crippen LogP contribution in [0.3, 0.4) is 0 Å². The van der Waals surface area contributed by atoms with E-state index >= 15 is 0 Å². The Morgan fingerprint density at radius 1 is 1.53 bits per heavy atom. The normalized spacial score (nSPS) is 12.5. The standard InChI is InChI=1S/C10H17BrFNO2/c1-10(2,3)15-9(14)13(4)7-8(5-11)6-12/h6H,5,7H2,1-4H3/b8-6-. The highest BCUT2D eigenvalue weighted by atomic mass is 79.9. The topological polar surface area (TPSA) is 29.5 Å². The van der Waals surface area contributed by atoms with Crippen molar-refractivity contribution < 1.29 is 13.9 Å². The van der Waals surface area contributed by atoms with Gasteiger partial charge in [0, 0.05) is 18.9 Å². The van der Waals surface area contributed by atoms with Crippen molar-refractivity contribution in [3.8, 4) is 0 Å². The maximum atomic E-state index is 12.2. The Bertz CT molecular complexity index is 248. The Kier molecular flexibility index (Phi) is 5.87. The molecule has 5 heteroatoms. The van der Waals surface area contributed by atoms with Gasteiger partial charge >= 0.3 is 6.09 Å². The van der Waals surface area contributed by atoms with E-state index in [9.17, 15) is 9.18 Å². The molecule has 0 N–H and O–H groups in total. The number of ether oxygens (including phenoxy) is 1. The maximum absolute atomic E-state index is 12.2. The molecule has 15 heavy (non-hydrogen) atoms. The molecule has 1 amide bonds. The van der Waals surface area contributed by atoms with Gasteiger partial charge in [-0.1, -0.05) is 15.9 Å². The van der Waals surface area contributed by atoms with Crippen molar-refractivity contribution >= 4 is 22.0 Å². The molecule has 0 aliphatic rings. The van der Waals surface area contributed by atoms with E-state index in [0.717, 1.165) is 0 Å². The third-order valence-electron chi connectivity index (χ3n) is 1.47. The summed E-state index contributed by atoms with van der Waals surface area (Å²) in [6.07, 6.45) is 0.0399. The number of likely N-dealkylation sites (N-methyl/N-ethyl adjacent to an activating group) is 1. The van der Waals surface area contributed by atoms with Crippen molar-refractivity contribution in [1.82, 2.24) is 4.90 Å². The summed E-state index contributed by atoms with van der Waals surface area (Å²) in [7, 11) is 1.57. The second-order valence-corrected chi connectivity index (χ2v) is 4.80. The summed E-state index contributed by atoms with van der Waals surface area (Å²) in [6.45, 7) is 5.58. The third kappa shape index (κ3) is 6.49. The van der Waals surface area contributed by atoms with Crippen LogP contribution >= 0.6 is 15.9 Å². The first-order valence-electron chi connectivity index (χ1n) is 4.58. The SMILES string of the molecule is CN(C/C(=C\F)CBr)C(=O)OC(C)(C)C. The second-order valence-electron chi connectivity index (χ2n) is 4.24. The highest BCUT2D eigenvalue weighted by molar-refractivity contribution is 9.09. The first-order valence-corrected chi connectivity index (χ1v) is 5.70. The second kappa shape index (κ2) is 6.10. The fourth-order valence-electron chi connectivity index (χ4n) is 0.815. The predicted molar refractivity (Wildman–Crippen MR) is 61.8 cm³/mol. The molecule has 0 atom stereocenters. The lowest BCUT2D eigenvalue weighted by Gasteiger charge is -2.24. The minimum Gasteiger partial charge on any atom is -0.444 e. The molecule has 0 aliphatic carbocycles. The molecule has 0 spiro atoms. The molecular weight excluding hydrogens is 265 g/mol. The molecule has 88 valence electrons. The first kappa shape index (κ1) is 14.4. The molecule has 0 aromatic heterocycles. The molecule has 0 unspecified atom stereocenters. The molecule has 0 aliphatic heterocycles. The van der Waals surface area contributed by atoms with Gasteiger partial charge in [-0.05, 0) is 26.3 Å². The molecule has 0 fully saturated rings. The van der Waals surface area contributed by atoms with Crippen molar-refractivity contribution in [3.05, 3.63) is 11.9 Å². The number of rotatable bonds is 3. The molecular formula is C10H17BrFNO2. The fourth-order valence-corrected chi connectivity index (χ4v) is 1.11. The van der Waals surface area contributed by atoms with E-state index in [1.165, 1.54) is 4.90 Å². The predicted octanol–water partition coefficient (Wildman–Crippen LogP) is 3.10. The minimum atomic E-state index is -0.528. The van der Waals surface area contributed by atoms with Crippen LogP contribution in [0.25, 0.3) is 0 Å². The molecule has 0 heterocycles. The molecule has 0 aromatic rings. The Hall–Kier alpha value is -0.580. The van der Waals surface area contributed by atoms with Crippen LogP contribution < -0.4 is 0 Å². The average molecular weight is 282 g/mol. The summed E-state index contributed by atoms with van der Waals surface area (Å²) in [5, 5.41) is 0.399. The molecule has 0 radical (unpaired) electrons. The maximum Gasteiger partial charge on any atom is 0.410 e. The van der Waals surface area contributed by atoms with E-state index in [0.29, 0.717) is 17.2 Å². The molecule has 0 rings (SSSR count). The van der Waals surface area contributed by atoms with Crippen LogP contribution in [0.5, 0.6) is 0 Å². The number of hydrogen-bond donors (Lipinski definition) is 0. The van der Waals surface area contributed by atoms with E-state index in [4.69, 9.17) is 4.74 Å². The lowest BCUT2D eigenvalue weighted by atomic mass is 10.2. The first-order chi connectivity index (χ1) is 6.80. The zero-order chi connectivity index (χ0) is 12.1. The van der Waals surface area contributed by atoms with Gasteiger partial charge in [-0.25, -0.2) is 9.18 Å². The highest BCUT2D eigenvalue weighted by Crippen LogP contribution is 2.10. The lowest BCUT2D eigenvalue weighted by molar-refractivity contribution is 0.0313. The van der Waals surface area contributed by atoms with E-state index in [2.05, 4.69) is 15.9 Å². The third-order valence-corrected chi connectivity index (χ3v) is 2.19. The van der Waals surface area contributed by atoms with E-state index in [-0.39, 0.29) is 6.54 Å². The van der Waals surface area contributed by atoms with Crippen LogP contribution in [-0.4, -0.2) is 35.5 Å². The zero-order valence-electron chi connectivity index (χ0n) is 9.51. The monoisotopic (exact) mass is 281 g/mol. The number of halogens is 2. The smallest absolute Gasteiger partial charge is 0.410 e. The minimum absolute atomic E-state index is 0.219. The summed E-state index contributed by atoms with van der Waals surface area (Å²) in [4.78, 5) is 12.8. The zero-order valence-corrected chi connectivity index (χ0v) is 11.1. The van der Waals surface area contributed by atoms with Crippen molar-refractivity contribution in [2.45, 2.75) is 26.4 Å². The summed E-state index contributed by atoms with van der Waals surface area (Å²) in [6, 6.07) is 0. The number of amides is 1. The van der Waals surface area contributed by atoms with Gasteiger partial charge in [-0.3, -0.25) is 0 Å². The fraction of sp³-hybridized carbons (Fsp3) is 0.700. The summed E-state index contributed by atoms with van der Waals surface area (Å²) in [5.41, 5.74) is -0.0392. The van der Waals surface area contributed by atoms with Gasteiger partial charge in [0.25, 0.3) is 0 Å². The van der Waals surface area contributed by atoms with Gasteiger partial charge < -0.3 is 9.64 Å². The number of alkyl halides is 1. The van der Waals surface area contributed by atoms with Crippen LogP contribution in [-0.2, 0) is 4.74 Å². The molecule has 0 saturated heterocycles. The Morgan fingerprint density at radius 3 is 2.40 bits per heavy atom. The van der Waals surface area contributed by atoms with E-state index in [1.54, 1.807) is 27.8 Å². The van der Waals surface area contributed by atoms with Crippen molar-refractivity contribution in [1.29, 1.82) is 0 Å². The van der Waals surface area contributed by atoms with E-state index < -0.39 is 11.7 Å². The average Bonchev–Trinajstić information content (AvgIpc) is 2.10. The van der Waals surface area contributed by atoms with Crippen LogP contribution in [0.1, 0.15) is 20.8 Å². The highest BCUT2D eigenvalue weighted by Gasteiger charge is 2.19. The van der Waals surface area contributed by atoms with E-state index in [1.807, 2.05) is 0 Å². The summed E-state index contributed by atoms with van der Waals surface area (Å²) < 4.78 is 17.4. The Labute approximate surface area is 98.4 Å².